The van der Waals surface area contributed by atoms with Gasteiger partial charge in [0.05, 0.1) is 23.6 Å². The fourth-order valence-electron chi connectivity index (χ4n) is 2.29. The molecule has 0 unspecified atom stereocenters. The summed E-state index contributed by atoms with van der Waals surface area (Å²) in [6, 6.07) is 3.39. The van der Waals surface area contributed by atoms with Crippen LogP contribution in [-0.4, -0.2) is 33.5 Å². The number of nitrogens with one attached hydrogen (secondary N) is 1. The number of nitrogens with zero attached hydrogens (tertiary/aromatic N) is 3. The SMILES string of the molecule is CCOC(=O)c1cc(C(=O)NCc2nc(C3CC3)no2)cc([N+](=O)[O-])c1. The minimum atomic E-state index is -0.740. The standard InChI is InChI=1S/C16H16N4O6/c1-2-25-16(22)11-5-10(6-12(7-11)20(23)24)15(21)17-8-13-18-14(19-26-13)9-3-4-9/h5-7,9H,2-4,8H2,1H3,(H,17,21). The van der Waals surface area contributed by atoms with Crippen molar-refractivity contribution in [2.24, 2.45) is 0 Å². The van der Waals surface area contributed by atoms with Crippen LogP contribution in [0.4, 0.5) is 5.69 Å². The fourth-order valence-corrected chi connectivity index (χ4v) is 2.29. The van der Waals surface area contributed by atoms with Crippen molar-refractivity contribution < 1.29 is 23.8 Å². The first-order valence-corrected chi connectivity index (χ1v) is 8.05. The van der Waals surface area contributed by atoms with E-state index in [1.165, 1.54) is 6.07 Å². The van der Waals surface area contributed by atoms with Crippen molar-refractivity contribution in [2.45, 2.75) is 32.2 Å². The van der Waals surface area contributed by atoms with Crippen LogP contribution in [0.3, 0.4) is 0 Å². The Labute approximate surface area is 147 Å². The summed E-state index contributed by atoms with van der Waals surface area (Å²) in [6.07, 6.45) is 2.05. The van der Waals surface area contributed by atoms with E-state index in [9.17, 15) is 19.7 Å². The van der Waals surface area contributed by atoms with E-state index in [-0.39, 0.29) is 35.9 Å². The number of amides is 1. The molecule has 2 aromatic rings. The van der Waals surface area contributed by atoms with E-state index in [4.69, 9.17) is 9.26 Å². The monoisotopic (exact) mass is 360 g/mol. The number of nitro benzene ring substituents is 1. The van der Waals surface area contributed by atoms with Gasteiger partial charge in [-0.3, -0.25) is 14.9 Å². The van der Waals surface area contributed by atoms with E-state index >= 15 is 0 Å². The van der Waals surface area contributed by atoms with Crippen molar-refractivity contribution in [3.05, 3.63) is 51.2 Å². The maximum absolute atomic E-state index is 12.3. The number of aromatic nitrogens is 2. The van der Waals surface area contributed by atoms with Crippen LogP contribution in [0.15, 0.2) is 22.7 Å². The molecule has 1 N–H and O–H groups in total. The highest BCUT2D eigenvalue weighted by Crippen LogP contribution is 2.38. The second-order valence-electron chi connectivity index (χ2n) is 5.75. The molecule has 1 aromatic carbocycles. The lowest BCUT2D eigenvalue weighted by Gasteiger charge is -2.06. The molecule has 136 valence electrons. The molecule has 1 saturated carbocycles. The zero-order valence-corrected chi connectivity index (χ0v) is 13.9. The highest BCUT2D eigenvalue weighted by molar-refractivity contribution is 5.98. The van der Waals surface area contributed by atoms with E-state index in [0.29, 0.717) is 11.7 Å². The molecule has 1 heterocycles. The van der Waals surface area contributed by atoms with Gasteiger partial charge in [-0.15, -0.1) is 0 Å². The lowest BCUT2D eigenvalue weighted by atomic mass is 10.1. The van der Waals surface area contributed by atoms with Crippen LogP contribution in [0.5, 0.6) is 0 Å². The Kier molecular flexibility index (Phi) is 4.92. The van der Waals surface area contributed by atoms with Crippen LogP contribution in [-0.2, 0) is 11.3 Å². The largest absolute Gasteiger partial charge is 0.462 e. The lowest BCUT2D eigenvalue weighted by Crippen LogP contribution is -2.23. The predicted octanol–water partition coefficient (Wildman–Crippen LogP) is 1.96. The van der Waals surface area contributed by atoms with Gasteiger partial charge in [-0.1, -0.05) is 5.16 Å². The van der Waals surface area contributed by atoms with Gasteiger partial charge in [-0.05, 0) is 25.8 Å². The first-order chi connectivity index (χ1) is 12.5. The van der Waals surface area contributed by atoms with Crippen molar-refractivity contribution >= 4 is 17.6 Å². The fraction of sp³-hybridized carbons (Fsp3) is 0.375. The molecule has 1 aromatic heterocycles. The zero-order valence-electron chi connectivity index (χ0n) is 13.9. The number of esters is 1. The molecule has 0 spiro atoms. The number of non-ortho nitro benzene ring substituents is 1. The normalized spacial score (nSPS) is 13.3. The second-order valence-corrected chi connectivity index (χ2v) is 5.75. The summed E-state index contributed by atoms with van der Waals surface area (Å²) in [5.74, 6) is -0.153. The molecule has 0 atom stereocenters. The van der Waals surface area contributed by atoms with Crippen LogP contribution in [0, 0.1) is 10.1 Å². The molecule has 0 aliphatic heterocycles. The van der Waals surface area contributed by atoms with Gasteiger partial charge in [-0.25, -0.2) is 4.79 Å². The summed E-state index contributed by atoms with van der Waals surface area (Å²) in [5, 5.41) is 17.4. The van der Waals surface area contributed by atoms with Gasteiger partial charge in [0.2, 0.25) is 5.89 Å². The number of rotatable bonds is 7. The van der Waals surface area contributed by atoms with Gasteiger partial charge < -0.3 is 14.6 Å². The molecule has 0 saturated heterocycles. The number of carbonyl (C=O) groups excluding carboxylic acids is 2. The Morgan fingerprint density at radius 1 is 1.35 bits per heavy atom. The number of benzene rings is 1. The van der Waals surface area contributed by atoms with E-state index < -0.39 is 16.8 Å². The molecule has 0 bridgehead atoms. The quantitative estimate of drug-likeness (QED) is 0.449. The summed E-state index contributed by atoms with van der Waals surface area (Å²) >= 11 is 0. The average Bonchev–Trinajstić information content (AvgIpc) is 3.37. The molecule has 1 aliphatic rings. The summed E-state index contributed by atoms with van der Waals surface area (Å²) in [6.45, 7) is 1.71. The molecular formula is C16H16N4O6. The smallest absolute Gasteiger partial charge is 0.338 e. The molecule has 10 heteroatoms. The second kappa shape index (κ2) is 7.30. The Morgan fingerprint density at radius 2 is 2.08 bits per heavy atom. The maximum Gasteiger partial charge on any atom is 0.338 e. The lowest BCUT2D eigenvalue weighted by molar-refractivity contribution is -0.384. The molecule has 10 nitrogen and oxygen atoms in total. The van der Waals surface area contributed by atoms with E-state index in [1.807, 2.05) is 0 Å². The Balaban J connectivity index is 1.73. The molecule has 3 rings (SSSR count). The first kappa shape index (κ1) is 17.5. The molecule has 1 aliphatic carbocycles. The van der Waals surface area contributed by atoms with Crippen LogP contribution >= 0.6 is 0 Å². The van der Waals surface area contributed by atoms with E-state index in [2.05, 4.69) is 15.5 Å². The molecule has 1 fully saturated rings. The third-order valence-corrected chi connectivity index (χ3v) is 3.73. The van der Waals surface area contributed by atoms with Crippen molar-refractivity contribution in [1.82, 2.24) is 15.5 Å². The zero-order chi connectivity index (χ0) is 18.7. The van der Waals surface area contributed by atoms with Crippen molar-refractivity contribution in [3.8, 4) is 0 Å². The predicted molar refractivity (Wildman–Crippen MR) is 86.5 cm³/mol. The van der Waals surface area contributed by atoms with Gasteiger partial charge in [0.1, 0.15) is 0 Å². The van der Waals surface area contributed by atoms with Gasteiger partial charge in [0.25, 0.3) is 11.6 Å². The third kappa shape index (κ3) is 4.02. The Bertz CT molecular complexity index is 858. The minimum Gasteiger partial charge on any atom is -0.462 e. The van der Waals surface area contributed by atoms with E-state index in [0.717, 1.165) is 25.0 Å². The molecule has 26 heavy (non-hydrogen) atoms. The number of ether oxygens (including phenoxy) is 1. The van der Waals surface area contributed by atoms with Crippen LogP contribution in [0.25, 0.3) is 0 Å². The minimum absolute atomic E-state index is 0.0179. The summed E-state index contributed by atoms with van der Waals surface area (Å²) in [7, 11) is 0. The highest BCUT2D eigenvalue weighted by atomic mass is 16.6. The Morgan fingerprint density at radius 3 is 2.73 bits per heavy atom. The van der Waals surface area contributed by atoms with Crippen molar-refractivity contribution in [2.75, 3.05) is 6.61 Å². The number of carbonyl (C=O) groups is 2. The average molecular weight is 360 g/mol. The highest BCUT2D eigenvalue weighted by Gasteiger charge is 2.28. The van der Waals surface area contributed by atoms with Gasteiger partial charge >= 0.3 is 5.97 Å². The topological polar surface area (TPSA) is 137 Å². The first-order valence-electron chi connectivity index (χ1n) is 8.05. The molecule has 0 radical (unpaired) electrons. The number of hydrogen-bond donors (Lipinski definition) is 1. The Hall–Kier alpha value is -3.30. The van der Waals surface area contributed by atoms with Crippen molar-refractivity contribution in [3.63, 3.8) is 0 Å². The molecule has 1 amide bonds. The van der Waals surface area contributed by atoms with E-state index in [1.54, 1.807) is 6.92 Å². The third-order valence-electron chi connectivity index (χ3n) is 3.73. The molecular weight excluding hydrogens is 344 g/mol. The van der Waals surface area contributed by atoms with Gasteiger partial charge in [-0.2, -0.15) is 4.98 Å². The van der Waals surface area contributed by atoms with Crippen molar-refractivity contribution in [1.29, 1.82) is 0 Å². The summed E-state index contributed by atoms with van der Waals surface area (Å²) in [4.78, 5) is 38.7. The van der Waals surface area contributed by atoms with Gasteiger partial charge in [0.15, 0.2) is 5.82 Å². The number of nitro groups is 1. The summed E-state index contributed by atoms with van der Waals surface area (Å²) < 4.78 is 9.88. The van der Waals surface area contributed by atoms with Crippen LogP contribution in [0.1, 0.15) is 58.1 Å². The number of hydrogen-bond acceptors (Lipinski definition) is 8. The summed E-state index contributed by atoms with van der Waals surface area (Å²) in [5.41, 5.74) is -0.487. The van der Waals surface area contributed by atoms with Gasteiger partial charge in [0, 0.05) is 23.6 Å². The van der Waals surface area contributed by atoms with Crippen LogP contribution < -0.4 is 5.32 Å². The van der Waals surface area contributed by atoms with Crippen LogP contribution in [0.2, 0.25) is 0 Å². The maximum atomic E-state index is 12.3.